The van der Waals surface area contributed by atoms with E-state index in [1.54, 1.807) is 36.5 Å². The van der Waals surface area contributed by atoms with E-state index in [1.165, 1.54) is 23.3 Å². The van der Waals surface area contributed by atoms with Crippen molar-refractivity contribution in [1.29, 1.82) is 0 Å². The molecule has 0 fully saturated rings. The average Bonchev–Trinajstić information content (AvgIpc) is 3.20. The molecule has 7 nitrogen and oxygen atoms in total. The number of sulfonamides is 1. The lowest BCUT2D eigenvalue weighted by molar-refractivity contribution is -0.119. The summed E-state index contributed by atoms with van der Waals surface area (Å²) < 4.78 is 30.6. The van der Waals surface area contributed by atoms with E-state index < -0.39 is 22.5 Å². The second-order valence-corrected chi connectivity index (χ2v) is 11.4. The van der Waals surface area contributed by atoms with Gasteiger partial charge in [0.05, 0.1) is 22.5 Å². The van der Waals surface area contributed by atoms with Gasteiger partial charge in [0.25, 0.3) is 15.9 Å². The molecule has 8 heteroatoms. The van der Waals surface area contributed by atoms with E-state index >= 15 is 0 Å². The number of hydrazone groups is 1. The van der Waals surface area contributed by atoms with Gasteiger partial charge >= 0.3 is 0 Å². The Morgan fingerprint density at radius 1 is 0.923 bits per heavy atom. The van der Waals surface area contributed by atoms with Crippen molar-refractivity contribution in [2.45, 2.75) is 45.9 Å². The summed E-state index contributed by atoms with van der Waals surface area (Å²) >= 11 is 0. The van der Waals surface area contributed by atoms with E-state index in [-0.39, 0.29) is 4.90 Å². The fourth-order valence-corrected chi connectivity index (χ4v) is 6.31. The molecule has 0 aliphatic carbocycles. The van der Waals surface area contributed by atoms with Crippen LogP contribution < -0.4 is 9.73 Å². The minimum atomic E-state index is -3.99. The second-order valence-electron chi connectivity index (χ2n) is 9.50. The predicted molar refractivity (Wildman–Crippen MR) is 157 cm³/mol. The summed E-state index contributed by atoms with van der Waals surface area (Å²) in [6.07, 6.45) is 2.22. The quantitative estimate of drug-likeness (QED) is 0.220. The Morgan fingerprint density at radius 3 is 2.23 bits per heavy atom. The third-order valence-corrected chi connectivity index (χ3v) is 8.56. The highest BCUT2D eigenvalue weighted by molar-refractivity contribution is 7.92. The van der Waals surface area contributed by atoms with E-state index in [0.717, 1.165) is 32.5 Å². The zero-order chi connectivity index (χ0) is 28.2. The monoisotopic (exact) mass is 542 g/mol. The second kappa shape index (κ2) is 11.7. The summed E-state index contributed by atoms with van der Waals surface area (Å²) in [4.78, 5) is 13.1. The lowest BCUT2D eigenvalue weighted by Gasteiger charge is -2.25. The number of rotatable bonds is 9. The number of para-hydroxylation sites is 2. The normalized spacial score (nSPS) is 11.6. The highest BCUT2D eigenvalue weighted by Crippen LogP contribution is 2.28. The molecule has 1 aromatic heterocycles. The first-order valence-corrected chi connectivity index (χ1v) is 14.3. The molecule has 3 aromatic carbocycles. The van der Waals surface area contributed by atoms with Crippen LogP contribution in [0.3, 0.4) is 0 Å². The summed E-state index contributed by atoms with van der Waals surface area (Å²) in [6.45, 7) is 9.75. The van der Waals surface area contributed by atoms with Crippen molar-refractivity contribution in [2.24, 2.45) is 5.10 Å². The number of nitrogens with one attached hydrogen (secondary N) is 1. The zero-order valence-corrected chi connectivity index (χ0v) is 23.8. The molecule has 4 rings (SSSR count). The van der Waals surface area contributed by atoms with Gasteiger partial charge in [0.15, 0.2) is 0 Å². The van der Waals surface area contributed by atoms with Crippen molar-refractivity contribution in [3.05, 3.63) is 113 Å². The number of hydrogen-bond donors (Lipinski definition) is 1. The lowest BCUT2D eigenvalue weighted by atomic mass is 10.1. The van der Waals surface area contributed by atoms with Crippen LogP contribution in [0.25, 0.3) is 5.69 Å². The number of benzene rings is 3. The number of anilines is 1. The minimum Gasteiger partial charge on any atom is -0.317 e. The van der Waals surface area contributed by atoms with Crippen LogP contribution in [0.15, 0.2) is 88.9 Å². The zero-order valence-electron chi connectivity index (χ0n) is 23.0. The predicted octanol–water partition coefficient (Wildman–Crippen LogP) is 5.62. The van der Waals surface area contributed by atoms with Crippen LogP contribution >= 0.6 is 0 Å². The van der Waals surface area contributed by atoms with Gasteiger partial charge in [-0.3, -0.25) is 9.10 Å². The minimum absolute atomic E-state index is 0.117. The van der Waals surface area contributed by atoms with Crippen LogP contribution in [0.1, 0.15) is 40.6 Å². The standard InChI is InChI=1S/C31H34N4O3S/c1-6-26-15-10-11-18-29(26)34(39(37,38)28-16-8-7-9-17-28)21-30(36)33-32-20-27-19-24(4)35(25(27)5)31-22(2)13-12-14-23(31)3/h7-20H,6,21H2,1-5H3,(H,33,36)/b32-20-. The Kier molecular flexibility index (Phi) is 8.35. The Bertz CT molecular complexity index is 1600. The van der Waals surface area contributed by atoms with Gasteiger partial charge < -0.3 is 4.57 Å². The Balaban J connectivity index is 1.59. The number of aromatic nitrogens is 1. The number of amides is 1. The van der Waals surface area contributed by atoms with Gasteiger partial charge in [0.2, 0.25) is 0 Å². The summed E-state index contributed by atoms with van der Waals surface area (Å²) in [7, 11) is -3.99. The highest BCUT2D eigenvalue weighted by atomic mass is 32.2. The van der Waals surface area contributed by atoms with Crippen molar-refractivity contribution < 1.29 is 13.2 Å². The van der Waals surface area contributed by atoms with E-state index in [9.17, 15) is 13.2 Å². The summed E-state index contributed by atoms with van der Waals surface area (Å²) in [5.41, 5.74) is 10.2. The maximum atomic E-state index is 13.6. The average molecular weight is 543 g/mol. The van der Waals surface area contributed by atoms with Gasteiger partial charge in [-0.1, -0.05) is 61.5 Å². The molecule has 0 saturated heterocycles. The number of carbonyl (C=O) groups is 1. The van der Waals surface area contributed by atoms with Gasteiger partial charge in [0, 0.05) is 17.0 Å². The van der Waals surface area contributed by atoms with Crippen molar-refractivity contribution in [1.82, 2.24) is 9.99 Å². The molecule has 0 aliphatic rings. The van der Waals surface area contributed by atoms with Crippen LogP contribution in [-0.4, -0.2) is 31.7 Å². The first-order valence-electron chi connectivity index (χ1n) is 12.9. The molecular weight excluding hydrogens is 508 g/mol. The van der Waals surface area contributed by atoms with E-state index in [0.29, 0.717) is 12.1 Å². The third kappa shape index (κ3) is 5.81. The molecule has 0 saturated carbocycles. The van der Waals surface area contributed by atoms with Crippen LogP contribution in [-0.2, 0) is 21.2 Å². The van der Waals surface area contributed by atoms with E-state index in [4.69, 9.17) is 0 Å². The van der Waals surface area contributed by atoms with Crippen molar-refractivity contribution in [3.8, 4) is 5.69 Å². The highest BCUT2D eigenvalue weighted by Gasteiger charge is 2.28. The first kappa shape index (κ1) is 27.9. The number of aryl methyl sites for hydroxylation is 4. The summed E-state index contributed by atoms with van der Waals surface area (Å²) in [6, 6.07) is 23.6. The van der Waals surface area contributed by atoms with E-state index in [1.807, 2.05) is 45.0 Å². The maximum absolute atomic E-state index is 13.6. The molecule has 1 N–H and O–H groups in total. The van der Waals surface area contributed by atoms with Crippen molar-refractivity contribution >= 4 is 27.8 Å². The number of hydrogen-bond acceptors (Lipinski definition) is 4. The van der Waals surface area contributed by atoms with Crippen molar-refractivity contribution in [2.75, 3.05) is 10.8 Å². The fourth-order valence-electron chi connectivity index (χ4n) is 4.83. The molecule has 0 spiro atoms. The Morgan fingerprint density at radius 2 is 1.56 bits per heavy atom. The molecule has 39 heavy (non-hydrogen) atoms. The van der Waals surface area contributed by atoms with Crippen LogP contribution in [0, 0.1) is 27.7 Å². The van der Waals surface area contributed by atoms with Crippen LogP contribution in [0.2, 0.25) is 0 Å². The summed E-state index contributed by atoms with van der Waals surface area (Å²) in [5, 5.41) is 4.18. The Labute approximate surface area is 230 Å². The largest absolute Gasteiger partial charge is 0.317 e. The fraction of sp³-hybridized carbons (Fsp3) is 0.226. The maximum Gasteiger partial charge on any atom is 0.264 e. The molecular formula is C31H34N4O3S. The third-order valence-electron chi connectivity index (χ3n) is 6.79. The molecule has 0 radical (unpaired) electrons. The van der Waals surface area contributed by atoms with Gasteiger partial charge in [-0.05, 0) is 75.1 Å². The molecule has 0 atom stereocenters. The molecule has 1 heterocycles. The van der Waals surface area contributed by atoms with Crippen LogP contribution in [0.4, 0.5) is 5.69 Å². The number of nitrogens with zero attached hydrogens (tertiary/aromatic N) is 3. The molecule has 4 aromatic rings. The van der Waals surface area contributed by atoms with Crippen molar-refractivity contribution in [3.63, 3.8) is 0 Å². The molecule has 0 aliphatic heterocycles. The topological polar surface area (TPSA) is 83.8 Å². The molecule has 1 amide bonds. The first-order chi connectivity index (χ1) is 18.6. The lowest BCUT2D eigenvalue weighted by Crippen LogP contribution is -2.40. The molecule has 202 valence electrons. The Hall–Kier alpha value is -4.17. The smallest absolute Gasteiger partial charge is 0.264 e. The van der Waals surface area contributed by atoms with Gasteiger partial charge in [-0.25, -0.2) is 13.8 Å². The van der Waals surface area contributed by atoms with E-state index in [2.05, 4.69) is 41.1 Å². The molecule has 0 unspecified atom stereocenters. The van der Waals surface area contributed by atoms with Gasteiger partial charge in [0.1, 0.15) is 6.54 Å². The van der Waals surface area contributed by atoms with Gasteiger partial charge in [-0.15, -0.1) is 0 Å². The molecule has 0 bridgehead atoms. The van der Waals surface area contributed by atoms with Crippen LogP contribution in [0.5, 0.6) is 0 Å². The SMILES string of the molecule is CCc1ccccc1N(CC(=O)N/N=C\c1cc(C)n(-c2c(C)cccc2C)c1C)S(=O)(=O)c1ccccc1. The number of carbonyl (C=O) groups excluding carboxylic acids is 1. The summed E-state index contributed by atoms with van der Waals surface area (Å²) in [5.74, 6) is -0.541. The van der Waals surface area contributed by atoms with Gasteiger partial charge in [-0.2, -0.15) is 5.10 Å².